The van der Waals surface area contributed by atoms with Crippen molar-refractivity contribution in [2.24, 2.45) is 7.05 Å². The SMILES string of the molecule is Cc1nn(C)c2nc(N3CCC(F)(F)CC3)sc12. The lowest BCUT2D eigenvalue weighted by Crippen LogP contribution is -2.39. The maximum atomic E-state index is 13.1. The minimum atomic E-state index is -2.51. The molecule has 0 bridgehead atoms. The summed E-state index contributed by atoms with van der Waals surface area (Å²) in [6, 6.07) is 0. The first-order valence-corrected chi connectivity index (χ1v) is 6.71. The second-order valence-corrected chi connectivity index (χ2v) is 5.68. The smallest absolute Gasteiger partial charge is 0.251 e. The van der Waals surface area contributed by atoms with Crippen molar-refractivity contribution in [1.82, 2.24) is 14.8 Å². The fraction of sp³-hybridized carbons (Fsp3) is 0.636. The number of halogens is 2. The highest BCUT2D eigenvalue weighted by molar-refractivity contribution is 7.22. The van der Waals surface area contributed by atoms with E-state index in [0.717, 1.165) is 21.2 Å². The van der Waals surface area contributed by atoms with Gasteiger partial charge in [-0.2, -0.15) is 5.10 Å². The van der Waals surface area contributed by atoms with Gasteiger partial charge in [0.1, 0.15) is 0 Å². The molecule has 98 valence electrons. The third kappa shape index (κ3) is 1.86. The van der Waals surface area contributed by atoms with Gasteiger partial charge in [-0.15, -0.1) is 0 Å². The molecule has 0 radical (unpaired) electrons. The highest BCUT2D eigenvalue weighted by atomic mass is 32.1. The topological polar surface area (TPSA) is 34.0 Å². The highest BCUT2D eigenvalue weighted by Crippen LogP contribution is 2.35. The van der Waals surface area contributed by atoms with Crippen molar-refractivity contribution in [3.63, 3.8) is 0 Å². The monoisotopic (exact) mass is 272 g/mol. The molecule has 1 aliphatic heterocycles. The van der Waals surface area contributed by atoms with E-state index in [-0.39, 0.29) is 12.8 Å². The van der Waals surface area contributed by atoms with E-state index in [9.17, 15) is 8.78 Å². The molecule has 2 aromatic rings. The Morgan fingerprint density at radius 3 is 2.56 bits per heavy atom. The van der Waals surface area contributed by atoms with Crippen LogP contribution in [0.4, 0.5) is 13.9 Å². The first-order valence-electron chi connectivity index (χ1n) is 5.89. The van der Waals surface area contributed by atoms with E-state index in [4.69, 9.17) is 0 Å². The zero-order valence-corrected chi connectivity index (χ0v) is 11.1. The van der Waals surface area contributed by atoms with E-state index in [1.807, 2.05) is 18.9 Å². The number of nitrogens with zero attached hydrogens (tertiary/aromatic N) is 4. The number of aromatic nitrogens is 3. The molecule has 0 atom stereocenters. The van der Waals surface area contributed by atoms with E-state index in [0.29, 0.717) is 13.1 Å². The van der Waals surface area contributed by atoms with Crippen LogP contribution in [0.25, 0.3) is 10.3 Å². The molecule has 3 heterocycles. The standard InChI is InChI=1S/C11H14F2N4S/c1-7-8-9(16(2)15-7)14-10(18-8)17-5-3-11(12,13)4-6-17/h3-6H2,1-2H3. The number of thiazole rings is 1. The molecule has 1 fully saturated rings. The van der Waals surface area contributed by atoms with Crippen LogP contribution in [0.1, 0.15) is 18.5 Å². The number of fused-ring (bicyclic) bond motifs is 1. The maximum absolute atomic E-state index is 13.1. The van der Waals surface area contributed by atoms with Crippen LogP contribution in [-0.4, -0.2) is 33.8 Å². The van der Waals surface area contributed by atoms with Crippen LogP contribution < -0.4 is 4.90 Å². The first-order chi connectivity index (χ1) is 8.46. The summed E-state index contributed by atoms with van der Waals surface area (Å²) in [7, 11) is 1.85. The minimum Gasteiger partial charge on any atom is -0.348 e. The Kier molecular flexibility index (Phi) is 2.55. The van der Waals surface area contributed by atoms with Crippen molar-refractivity contribution in [1.29, 1.82) is 0 Å². The van der Waals surface area contributed by atoms with Crippen molar-refractivity contribution in [2.45, 2.75) is 25.7 Å². The van der Waals surface area contributed by atoms with Crippen molar-refractivity contribution in [3.8, 4) is 0 Å². The Balaban J connectivity index is 1.89. The number of anilines is 1. The van der Waals surface area contributed by atoms with Crippen LogP contribution in [0.3, 0.4) is 0 Å². The molecule has 3 rings (SSSR count). The Labute approximate surface area is 107 Å². The maximum Gasteiger partial charge on any atom is 0.251 e. The molecule has 1 aliphatic rings. The second-order valence-electron chi connectivity index (χ2n) is 4.70. The van der Waals surface area contributed by atoms with E-state index >= 15 is 0 Å². The number of alkyl halides is 2. The summed E-state index contributed by atoms with van der Waals surface area (Å²) in [4.78, 5) is 6.45. The van der Waals surface area contributed by atoms with Gasteiger partial charge in [0, 0.05) is 33.0 Å². The average molecular weight is 272 g/mol. The molecule has 0 unspecified atom stereocenters. The summed E-state index contributed by atoms with van der Waals surface area (Å²) < 4.78 is 29.0. The molecule has 0 N–H and O–H groups in total. The van der Waals surface area contributed by atoms with Crippen LogP contribution >= 0.6 is 11.3 Å². The zero-order chi connectivity index (χ0) is 12.9. The van der Waals surface area contributed by atoms with Gasteiger partial charge in [0.05, 0.1) is 10.4 Å². The number of aryl methyl sites for hydroxylation is 2. The minimum absolute atomic E-state index is 0.0832. The number of hydrogen-bond donors (Lipinski definition) is 0. The Hall–Kier alpha value is -1.24. The number of piperidine rings is 1. The summed E-state index contributed by atoms with van der Waals surface area (Å²) in [5.41, 5.74) is 1.78. The normalized spacial score (nSPS) is 19.7. The van der Waals surface area contributed by atoms with Gasteiger partial charge in [0.15, 0.2) is 10.8 Å². The largest absolute Gasteiger partial charge is 0.348 e. The fourth-order valence-corrected chi connectivity index (χ4v) is 3.32. The lowest BCUT2D eigenvalue weighted by Gasteiger charge is -2.31. The van der Waals surface area contributed by atoms with Crippen LogP contribution in [0.15, 0.2) is 0 Å². The van der Waals surface area contributed by atoms with Crippen molar-refractivity contribution in [2.75, 3.05) is 18.0 Å². The molecule has 0 spiro atoms. The van der Waals surface area contributed by atoms with Gasteiger partial charge in [-0.05, 0) is 6.92 Å². The van der Waals surface area contributed by atoms with E-state index in [2.05, 4.69) is 10.1 Å². The fourth-order valence-electron chi connectivity index (χ4n) is 2.23. The van der Waals surface area contributed by atoms with Gasteiger partial charge in [0.2, 0.25) is 0 Å². The molecule has 0 saturated carbocycles. The zero-order valence-electron chi connectivity index (χ0n) is 10.3. The molecule has 18 heavy (non-hydrogen) atoms. The van der Waals surface area contributed by atoms with Gasteiger partial charge in [-0.3, -0.25) is 0 Å². The van der Waals surface area contributed by atoms with E-state index in [1.165, 1.54) is 11.3 Å². The predicted molar refractivity (Wildman–Crippen MR) is 67.5 cm³/mol. The van der Waals surface area contributed by atoms with Crippen LogP contribution in [0.5, 0.6) is 0 Å². The molecular formula is C11H14F2N4S. The summed E-state index contributed by atoms with van der Waals surface area (Å²) in [5, 5.41) is 5.12. The summed E-state index contributed by atoms with van der Waals surface area (Å²) in [6.07, 6.45) is -0.166. The molecule has 0 aromatic carbocycles. The van der Waals surface area contributed by atoms with Crippen LogP contribution in [-0.2, 0) is 7.05 Å². The van der Waals surface area contributed by atoms with Gasteiger partial charge >= 0.3 is 0 Å². The van der Waals surface area contributed by atoms with Gasteiger partial charge in [0.25, 0.3) is 5.92 Å². The van der Waals surface area contributed by atoms with Crippen molar-refractivity contribution in [3.05, 3.63) is 5.69 Å². The molecular weight excluding hydrogens is 258 g/mol. The highest BCUT2D eigenvalue weighted by Gasteiger charge is 2.35. The Morgan fingerprint density at radius 1 is 1.28 bits per heavy atom. The molecule has 2 aromatic heterocycles. The van der Waals surface area contributed by atoms with Crippen molar-refractivity contribution >= 4 is 26.8 Å². The summed E-state index contributed by atoms with van der Waals surface area (Å²) in [6.45, 7) is 2.69. The third-order valence-corrected chi connectivity index (χ3v) is 4.51. The molecule has 4 nitrogen and oxygen atoms in total. The van der Waals surface area contributed by atoms with E-state index < -0.39 is 5.92 Å². The predicted octanol–water partition coefficient (Wildman–Crippen LogP) is 2.57. The quantitative estimate of drug-likeness (QED) is 0.800. The molecule has 7 heteroatoms. The van der Waals surface area contributed by atoms with Crippen molar-refractivity contribution < 1.29 is 8.78 Å². The average Bonchev–Trinajstić information content (AvgIpc) is 2.82. The molecule has 0 aliphatic carbocycles. The van der Waals surface area contributed by atoms with E-state index in [1.54, 1.807) is 4.68 Å². The molecule has 1 saturated heterocycles. The number of hydrogen-bond acceptors (Lipinski definition) is 4. The molecule has 0 amide bonds. The third-order valence-electron chi connectivity index (χ3n) is 3.30. The second kappa shape index (κ2) is 3.88. The van der Waals surface area contributed by atoms with Gasteiger partial charge < -0.3 is 4.90 Å². The lowest BCUT2D eigenvalue weighted by molar-refractivity contribution is -0.0220. The summed E-state index contributed by atoms with van der Waals surface area (Å²) in [5.74, 6) is -2.51. The first kappa shape index (κ1) is 11.8. The van der Waals surface area contributed by atoms with Crippen LogP contribution in [0, 0.1) is 6.92 Å². The Bertz CT molecular complexity index is 545. The number of rotatable bonds is 1. The Morgan fingerprint density at radius 2 is 1.94 bits per heavy atom. The van der Waals surface area contributed by atoms with Gasteiger partial charge in [-0.1, -0.05) is 11.3 Å². The lowest BCUT2D eigenvalue weighted by atomic mass is 10.1. The summed E-state index contributed by atoms with van der Waals surface area (Å²) >= 11 is 1.54. The van der Waals surface area contributed by atoms with Gasteiger partial charge in [-0.25, -0.2) is 18.4 Å². The van der Waals surface area contributed by atoms with Crippen LogP contribution in [0.2, 0.25) is 0 Å².